The van der Waals surface area contributed by atoms with Crippen molar-refractivity contribution in [1.29, 1.82) is 10.5 Å². The fourth-order valence-electron chi connectivity index (χ4n) is 4.44. The van der Waals surface area contributed by atoms with Crippen molar-refractivity contribution in [3.8, 4) is 12.1 Å². The zero-order valence-corrected chi connectivity index (χ0v) is 17.6. The van der Waals surface area contributed by atoms with E-state index in [1.165, 1.54) is 17.4 Å². The third-order valence-electron chi connectivity index (χ3n) is 5.87. The van der Waals surface area contributed by atoms with Gasteiger partial charge in [0, 0.05) is 11.1 Å². The van der Waals surface area contributed by atoms with Gasteiger partial charge < -0.3 is 0 Å². The summed E-state index contributed by atoms with van der Waals surface area (Å²) < 4.78 is 41.9. The van der Waals surface area contributed by atoms with Gasteiger partial charge >= 0.3 is 6.18 Å². The highest BCUT2D eigenvalue weighted by Gasteiger charge is 2.42. The van der Waals surface area contributed by atoms with Crippen molar-refractivity contribution >= 4 is 38.3 Å². The van der Waals surface area contributed by atoms with Crippen LogP contribution in [0.2, 0.25) is 0 Å². The molecule has 0 spiro atoms. The van der Waals surface area contributed by atoms with Crippen molar-refractivity contribution < 1.29 is 13.2 Å². The molecular weight excluding hydrogens is 431 g/mol. The minimum Gasteiger partial charge on any atom is -0.235 e. The Morgan fingerprint density at radius 3 is 2.59 bits per heavy atom. The fraction of sp³-hybridized carbons (Fsp3) is 0.160. The first-order valence-corrected chi connectivity index (χ1v) is 10.7. The molecule has 2 aliphatic rings. The van der Waals surface area contributed by atoms with E-state index in [9.17, 15) is 23.7 Å². The summed E-state index contributed by atoms with van der Waals surface area (Å²) in [6, 6.07) is 16.8. The first-order chi connectivity index (χ1) is 15.3. The highest BCUT2D eigenvalue weighted by atomic mass is 32.1. The van der Waals surface area contributed by atoms with Crippen LogP contribution in [0.15, 0.2) is 59.7 Å². The van der Waals surface area contributed by atoms with Crippen molar-refractivity contribution in [2.24, 2.45) is 5.92 Å². The third kappa shape index (κ3) is 3.05. The number of nitrogens with zero attached hydrogens (tertiary/aromatic N) is 3. The summed E-state index contributed by atoms with van der Waals surface area (Å²) in [5.41, 5.74) is 3.85. The zero-order chi connectivity index (χ0) is 22.6. The molecule has 0 fully saturated rings. The van der Waals surface area contributed by atoms with E-state index in [2.05, 4.69) is 17.1 Å². The van der Waals surface area contributed by atoms with Gasteiger partial charge in [-0.15, -0.1) is 11.3 Å². The Kier molecular flexibility index (Phi) is 4.54. The van der Waals surface area contributed by atoms with Crippen LogP contribution in [0.1, 0.15) is 35.0 Å². The molecule has 3 aromatic rings. The zero-order valence-electron chi connectivity index (χ0n) is 16.8. The summed E-state index contributed by atoms with van der Waals surface area (Å²) in [6.45, 7) is 1.55. The van der Waals surface area contributed by atoms with Crippen molar-refractivity contribution in [2.75, 3.05) is 0 Å². The normalized spacial score (nSPS) is 19.2. The number of allylic oxidation sites excluding steroid dienone is 6. The van der Waals surface area contributed by atoms with Crippen molar-refractivity contribution in [3.05, 3.63) is 81.4 Å². The molecule has 0 saturated carbocycles. The number of hydrogen-bond acceptors (Lipinski definition) is 4. The molecule has 156 valence electrons. The van der Waals surface area contributed by atoms with Gasteiger partial charge in [-0.2, -0.15) is 23.7 Å². The van der Waals surface area contributed by atoms with Crippen LogP contribution in [0.3, 0.4) is 0 Å². The Labute approximate surface area is 186 Å². The molecule has 5 rings (SSSR count). The van der Waals surface area contributed by atoms with Gasteiger partial charge in [0.05, 0.1) is 27.4 Å². The summed E-state index contributed by atoms with van der Waals surface area (Å²) in [5.74, 6) is -0.746. The molecule has 0 saturated heterocycles. The van der Waals surface area contributed by atoms with E-state index in [0.29, 0.717) is 44.0 Å². The molecule has 0 radical (unpaired) electrons. The topological polar surface area (TPSA) is 60.5 Å². The maximum absolute atomic E-state index is 13.7. The number of thiazole rings is 1. The average molecular weight is 445 g/mol. The molecule has 0 bridgehead atoms. The Hall–Kier alpha value is -3.68. The van der Waals surface area contributed by atoms with E-state index in [4.69, 9.17) is 0 Å². The predicted octanol–water partition coefficient (Wildman–Crippen LogP) is 6.90. The van der Waals surface area contributed by atoms with Crippen molar-refractivity contribution in [2.45, 2.75) is 19.5 Å². The number of halogens is 3. The maximum Gasteiger partial charge on any atom is 0.412 e. The summed E-state index contributed by atoms with van der Waals surface area (Å²) in [4.78, 5) is 4.61. The molecule has 0 aliphatic heterocycles. The van der Waals surface area contributed by atoms with Gasteiger partial charge in [-0.05, 0) is 65.0 Å². The van der Waals surface area contributed by atoms with Crippen LogP contribution in [-0.2, 0) is 0 Å². The minimum absolute atomic E-state index is 0.155. The predicted molar refractivity (Wildman–Crippen MR) is 118 cm³/mol. The van der Waals surface area contributed by atoms with E-state index < -0.39 is 17.7 Å². The van der Waals surface area contributed by atoms with Crippen LogP contribution in [0, 0.1) is 28.6 Å². The quantitative estimate of drug-likeness (QED) is 0.383. The summed E-state index contributed by atoms with van der Waals surface area (Å²) in [5, 5.41) is 20.0. The van der Waals surface area contributed by atoms with Gasteiger partial charge in [0.25, 0.3) is 0 Å². The Balaban J connectivity index is 1.82. The summed E-state index contributed by atoms with van der Waals surface area (Å²) in [6.07, 6.45) is -3.10. The van der Waals surface area contributed by atoms with Gasteiger partial charge in [0.15, 0.2) is 0 Å². The van der Waals surface area contributed by atoms with Gasteiger partial charge in [0.2, 0.25) is 0 Å². The smallest absolute Gasteiger partial charge is 0.235 e. The number of rotatable bonds is 1. The van der Waals surface area contributed by atoms with Crippen LogP contribution in [0.4, 0.5) is 13.2 Å². The van der Waals surface area contributed by atoms with Crippen molar-refractivity contribution in [3.63, 3.8) is 0 Å². The standard InChI is InChI=1S/C25H14F3N3S/c1-13-8-18-17(10-20(13)25(26,27)28)16-9-14(11-29)6-7-15(16)23(18)19(12-30)24-31-21-4-2-3-5-22(21)32-24/h2-7,9-10,13H,8H2,1H3/b23-19-. The number of para-hydroxylation sites is 1. The molecule has 1 aromatic heterocycles. The lowest BCUT2D eigenvalue weighted by Crippen LogP contribution is -2.21. The van der Waals surface area contributed by atoms with Crippen LogP contribution in [0.25, 0.3) is 26.9 Å². The lowest BCUT2D eigenvalue weighted by Gasteiger charge is -2.25. The Bertz CT molecular complexity index is 1440. The van der Waals surface area contributed by atoms with E-state index in [1.807, 2.05) is 24.3 Å². The van der Waals surface area contributed by atoms with Crippen molar-refractivity contribution in [1.82, 2.24) is 4.98 Å². The van der Waals surface area contributed by atoms with Gasteiger partial charge in [-0.1, -0.05) is 25.1 Å². The first-order valence-electron chi connectivity index (χ1n) is 9.89. The number of benzene rings is 2. The SMILES string of the molecule is CC1CC2=C(C=C1C(F)(F)F)c1cc(C#N)ccc1/C2=C(\C#N)c1nc2ccccc2s1. The van der Waals surface area contributed by atoms with E-state index in [0.717, 1.165) is 10.2 Å². The lowest BCUT2D eigenvalue weighted by molar-refractivity contribution is -0.0984. The highest BCUT2D eigenvalue weighted by molar-refractivity contribution is 7.19. The second-order valence-corrected chi connectivity index (χ2v) is 8.85. The molecule has 0 amide bonds. The molecule has 3 nitrogen and oxygen atoms in total. The monoisotopic (exact) mass is 445 g/mol. The number of fused-ring (bicyclic) bond motifs is 3. The van der Waals surface area contributed by atoms with Crippen LogP contribution < -0.4 is 0 Å². The molecule has 1 atom stereocenters. The van der Waals surface area contributed by atoms with Gasteiger partial charge in [-0.25, -0.2) is 4.98 Å². The molecule has 2 aliphatic carbocycles. The van der Waals surface area contributed by atoms with Gasteiger partial charge in [0.1, 0.15) is 11.1 Å². The number of aromatic nitrogens is 1. The molecule has 1 unspecified atom stereocenters. The molecule has 2 aromatic carbocycles. The fourth-order valence-corrected chi connectivity index (χ4v) is 5.41. The Morgan fingerprint density at radius 2 is 1.91 bits per heavy atom. The van der Waals surface area contributed by atoms with E-state index in [-0.39, 0.29) is 6.42 Å². The molecular formula is C25H14F3N3S. The van der Waals surface area contributed by atoms with Crippen LogP contribution in [0.5, 0.6) is 0 Å². The molecule has 1 heterocycles. The number of nitriles is 2. The molecule has 7 heteroatoms. The molecule has 32 heavy (non-hydrogen) atoms. The van der Waals surface area contributed by atoms with E-state index >= 15 is 0 Å². The largest absolute Gasteiger partial charge is 0.412 e. The molecule has 0 N–H and O–H groups in total. The number of hydrogen-bond donors (Lipinski definition) is 0. The number of alkyl halides is 3. The van der Waals surface area contributed by atoms with Crippen LogP contribution >= 0.6 is 11.3 Å². The Morgan fingerprint density at radius 1 is 1.12 bits per heavy atom. The second-order valence-electron chi connectivity index (χ2n) is 7.82. The highest BCUT2D eigenvalue weighted by Crippen LogP contribution is 2.53. The third-order valence-corrected chi connectivity index (χ3v) is 6.93. The summed E-state index contributed by atoms with van der Waals surface area (Å²) in [7, 11) is 0. The maximum atomic E-state index is 13.7. The second kappa shape index (κ2) is 7.19. The van der Waals surface area contributed by atoms with Crippen LogP contribution in [-0.4, -0.2) is 11.2 Å². The minimum atomic E-state index is -4.44. The van der Waals surface area contributed by atoms with E-state index in [1.54, 1.807) is 25.1 Å². The lowest BCUT2D eigenvalue weighted by atomic mass is 9.82. The first kappa shape index (κ1) is 20.2. The average Bonchev–Trinajstić information content (AvgIpc) is 3.32. The summed E-state index contributed by atoms with van der Waals surface area (Å²) >= 11 is 1.38. The van der Waals surface area contributed by atoms with Gasteiger partial charge in [-0.3, -0.25) is 0 Å².